The van der Waals surface area contributed by atoms with Gasteiger partial charge in [-0.2, -0.15) is 0 Å². The van der Waals surface area contributed by atoms with Crippen molar-refractivity contribution < 1.29 is 5.11 Å². The fourth-order valence-electron chi connectivity index (χ4n) is 3.17. The average Bonchev–Trinajstić information content (AvgIpc) is 3.34. The lowest BCUT2D eigenvalue weighted by molar-refractivity contribution is 0.0578. The number of hydrogen-bond donors (Lipinski definition) is 2. The number of benzene rings is 1. The van der Waals surface area contributed by atoms with Crippen molar-refractivity contribution in [1.82, 2.24) is 9.80 Å². The van der Waals surface area contributed by atoms with Crippen LogP contribution in [0.2, 0.25) is 0 Å². The van der Waals surface area contributed by atoms with Crippen LogP contribution in [-0.2, 0) is 6.42 Å². The van der Waals surface area contributed by atoms with Crippen LogP contribution in [0, 0.1) is 0 Å². The standard InChI is InChI=1S/C17H27N3O/c18-16(12-14-4-2-1-3-5-14)17(21)13-19-8-10-20(11-9-19)15-6-7-15/h1-5,15-17,21H,6-13,18H2. The molecule has 2 atom stereocenters. The highest BCUT2D eigenvalue weighted by molar-refractivity contribution is 5.16. The third-order valence-electron chi connectivity index (χ3n) is 4.72. The summed E-state index contributed by atoms with van der Waals surface area (Å²) in [6.45, 7) is 5.11. The molecule has 4 heteroatoms. The van der Waals surface area contributed by atoms with Gasteiger partial charge in [-0.05, 0) is 24.8 Å². The molecule has 1 aromatic rings. The second-order valence-electron chi connectivity index (χ2n) is 6.49. The van der Waals surface area contributed by atoms with Crippen LogP contribution in [0.1, 0.15) is 18.4 Å². The van der Waals surface area contributed by atoms with Crippen molar-refractivity contribution in [2.75, 3.05) is 32.7 Å². The highest BCUT2D eigenvalue weighted by Gasteiger charge is 2.31. The number of nitrogens with two attached hydrogens (primary N) is 1. The molecule has 3 rings (SSSR count). The van der Waals surface area contributed by atoms with Crippen LogP contribution in [0.4, 0.5) is 0 Å². The van der Waals surface area contributed by atoms with Crippen LogP contribution in [0.3, 0.4) is 0 Å². The van der Waals surface area contributed by atoms with Crippen LogP contribution in [0.5, 0.6) is 0 Å². The maximum atomic E-state index is 10.3. The van der Waals surface area contributed by atoms with Gasteiger partial charge in [0.15, 0.2) is 0 Å². The number of aliphatic hydroxyl groups excluding tert-OH is 1. The summed E-state index contributed by atoms with van der Waals surface area (Å²) in [4.78, 5) is 4.95. The van der Waals surface area contributed by atoms with Gasteiger partial charge in [-0.25, -0.2) is 0 Å². The zero-order valence-corrected chi connectivity index (χ0v) is 12.7. The Bertz CT molecular complexity index is 427. The molecule has 4 nitrogen and oxygen atoms in total. The summed E-state index contributed by atoms with van der Waals surface area (Å²) < 4.78 is 0. The van der Waals surface area contributed by atoms with Crippen LogP contribution in [0.15, 0.2) is 30.3 Å². The van der Waals surface area contributed by atoms with E-state index in [0.29, 0.717) is 6.54 Å². The van der Waals surface area contributed by atoms with E-state index in [-0.39, 0.29) is 6.04 Å². The minimum absolute atomic E-state index is 0.186. The van der Waals surface area contributed by atoms with E-state index in [0.717, 1.165) is 38.6 Å². The summed E-state index contributed by atoms with van der Waals surface area (Å²) in [5.74, 6) is 0. The molecule has 1 aliphatic heterocycles. The lowest BCUT2D eigenvalue weighted by Crippen LogP contribution is -2.52. The number of piperazine rings is 1. The second-order valence-corrected chi connectivity index (χ2v) is 6.49. The summed E-state index contributed by atoms with van der Waals surface area (Å²) in [6, 6.07) is 10.9. The first-order valence-corrected chi connectivity index (χ1v) is 8.16. The number of β-amino-alcohol motifs (C(OH)–C–C–N with tert-alkyl or cyclic N) is 1. The first-order valence-electron chi connectivity index (χ1n) is 8.16. The van der Waals surface area contributed by atoms with E-state index in [1.165, 1.54) is 18.4 Å². The average molecular weight is 289 g/mol. The molecule has 0 amide bonds. The minimum Gasteiger partial charge on any atom is -0.390 e. The van der Waals surface area contributed by atoms with Crippen molar-refractivity contribution in [2.24, 2.45) is 5.73 Å². The van der Waals surface area contributed by atoms with Gasteiger partial charge in [0, 0.05) is 44.8 Å². The van der Waals surface area contributed by atoms with E-state index in [1.54, 1.807) is 0 Å². The molecule has 1 aromatic carbocycles. The van der Waals surface area contributed by atoms with Crippen LogP contribution >= 0.6 is 0 Å². The molecule has 2 unspecified atom stereocenters. The molecule has 2 aliphatic rings. The normalized spacial score (nSPS) is 23.9. The molecule has 1 saturated carbocycles. The smallest absolute Gasteiger partial charge is 0.0820 e. The summed E-state index contributed by atoms with van der Waals surface area (Å²) in [5.41, 5.74) is 7.36. The first kappa shape index (κ1) is 15.0. The third-order valence-corrected chi connectivity index (χ3v) is 4.72. The predicted molar refractivity (Wildman–Crippen MR) is 85.2 cm³/mol. The Morgan fingerprint density at radius 3 is 2.38 bits per heavy atom. The first-order chi connectivity index (χ1) is 10.2. The SMILES string of the molecule is NC(Cc1ccccc1)C(O)CN1CCN(C2CC2)CC1. The van der Waals surface area contributed by atoms with Crippen molar-refractivity contribution in [3.05, 3.63) is 35.9 Å². The number of nitrogens with zero attached hydrogens (tertiary/aromatic N) is 2. The molecule has 0 bridgehead atoms. The van der Waals surface area contributed by atoms with Crippen molar-refractivity contribution in [3.8, 4) is 0 Å². The van der Waals surface area contributed by atoms with Gasteiger partial charge in [0.05, 0.1) is 6.10 Å². The maximum Gasteiger partial charge on any atom is 0.0820 e. The van der Waals surface area contributed by atoms with Crippen LogP contribution in [-0.4, -0.2) is 65.8 Å². The quantitative estimate of drug-likeness (QED) is 0.809. The zero-order valence-electron chi connectivity index (χ0n) is 12.7. The van der Waals surface area contributed by atoms with Crippen molar-refractivity contribution >= 4 is 0 Å². The van der Waals surface area contributed by atoms with Crippen LogP contribution in [0.25, 0.3) is 0 Å². The summed E-state index contributed by atoms with van der Waals surface area (Å²) in [6.07, 6.45) is 3.05. The van der Waals surface area contributed by atoms with Crippen molar-refractivity contribution in [3.63, 3.8) is 0 Å². The van der Waals surface area contributed by atoms with E-state index >= 15 is 0 Å². The third kappa shape index (κ3) is 4.27. The Morgan fingerprint density at radius 2 is 1.76 bits per heavy atom. The van der Waals surface area contributed by atoms with Gasteiger partial charge in [0.2, 0.25) is 0 Å². The Morgan fingerprint density at radius 1 is 1.10 bits per heavy atom. The molecule has 0 spiro atoms. The highest BCUT2D eigenvalue weighted by atomic mass is 16.3. The number of aliphatic hydroxyl groups is 1. The van der Waals surface area contributed by atoms with E-state index in [4.69, 9.17) is 5.73 Å². The molecule has 1 saturated heterocycles. The molecule has 1 heterocycles. The highest BCUT2D eigenvalue weighted by Crippen LogP contribution is 2.27. The van der Waals surface area contributed by atoms with Gasteiger partial charge in [-0.1, -0.05) is 30.3 Å². The molecule has 21 heavy (non-hydrogen) atoms. The molecule has 0 aromatic heterocycles. The van der Waals surface area contributed by atoms with Gasteiger partial charge < -0.3 is 10.8 Å². The molecule has 2 fully saturated rings. The fraction of sp³-hybridized carbons (Fsp3) is 0.647. The molecule has 0 radical (unpaired) electrons. The van der Waals surface area contributed by atoms with Gasteiger partial charge in [0.1, 0.15) is 0 Å². The Balaban J connectivity index is 1.42. The number of rotatable bonds is 6. The predicted octanol–water partition coefficient (Wildman–Crippen LogP) is 0.697. The summed E-state index contributed by atoms with van der Waals surface area (Å²) in [5, 5.41) is 10.3. The molecule has 116 valence electrons. The lowest BCUT2D eigenvalue weighted by Gasteiger charge is -2.36. The van der Waals surface area contributed by atoms with Crippen molar-refractivity contribution in [2.45, 2.75) is 37.5 Å². The lowest BCUT2D eigenvalue weighted by atomic mass is 10.0. The van der Waals surface area contributed by atoms with E-state index in [9.17, 15) is 5.11 Å². The van der Waals surface area contributed by atoms with Crippen LogP contribution < -0.4 is 5.73 Å². The second kappa shape index (κ2) is 6.88. The molecule has 3 N–H and O–H groups in total. The zero-order chi connectivity index (χ0) is 14.7. The van der Waals surface area contributed by atoms with Crippen molar-refractivity contribution in [1.29, 1.82) is 0 Å². The van der Waals surface area contributed by atoms with E-state index < -0.39 is 6.10 Å². The Kier molecular flexibility index (Phi) is 4.91. The van der Waals surface area contributed by atoms with Gasteiger partial charge in [-0.3, -0.25) is 9.80 Å². The van der Waals surface area contributed by atoms with E-state index in [1.807, 2.05) is 18.2 Å². The fourth-order valence-corrected chi connectivity index (χ4v) is 3.17. The monoisotopic (exact) mass is 289 g/mol. The van der Waals surface area contributed by atoms with Gasteiger partial charge in [0.25, 0.3) is 0 Å². The molecular weight excluding hydrogens is 262 g/mol. The van der Waals surface area contributed by atoms with E-state index in [2.05, 4.69) is 21.9 Å². The number of hydrogen-bond acceptors (Lipinski definition) is 4. The van der Waals surface area contributed by atoms with Gasteiger partial charge >= 0.3 is 0 Å². The topological polar surface area (TPSA) is 52.7 Å². The Labute approximate surface area is 127 Å². The molecular formula is C17H27N3O. The Hall–Kier alpha value is -0.940. The molecule has 1 aliphatic carbocycles. The summed E-state index contributed by atoms with van der Waals surface area (Å²) >= 11 is 0. The minimum atomic E-state index is -0.447. The largest absolute Gasteiger partial charge is 0.390 e. The maximum absolute atomic E-state index is 10.3. The van der Waals surface area contributed by atoms with Gasteiger partial charge in [-0.15, -0.1) is 0 Å². The summed E-state index contributed by atoms with van der Waals surface area (Å²) in [7, 11) is 0.